The predicted molar refractivity (Wildman–Crippen MR) is 302 cm³/mol. The van der Waals surface area contributed by atoms with E-state index in [-0.39, 0.29) is 31.1 Å². The maximum Gasteiger partial charge on any atom is 0.306 e. The number of rotatable bonds is 52. The van der Waals surface area contributed by atoms with Crippen LogP contribution < -0.4 is 0 Å². The molecule has 1 atom stereocenters. The number of carbonyl (C=O) groups is 3. The Morgan fingerprint density at radius 3 is 0.914 bits per heavy atom. The molecule has 0 amide bonds. The Morgan fingerprint density at radius 2 is 0.557 bits per heavy atom. The summed E-state index contributed by atoms with van der Waals surface area (Å²) in [5, 5.41) is 0. The first-order chi connectivity index (χ1) is 34.5. The average Bonchev–Trinajstić information content (AvgIpc) is 3.36. The van der Waals surface area contributed by atoms with Crippen molar-refractivity contribution in [3.63, 3.8) is 0 Å². The van der Waals surface area contributed by atoms with Gasteiger partial charge in [0.2, 0.25) is 0 Å². The maximum atomic E-state index is 12.8. The summed E-state index contributed by atoms with van der Waals surface area (Å²) in [4.78, 5) is 38.1. The van der Waals surface area contributed by atoms with Gasteiger partial charge in [-0.05, 0) is 122 Å². The Balaban J connectivity index is 4.36. The molecule has 0 saturated carbocycles. The largest absolute Gasteiger partial charge is 0.462 e. The highest BCUT2D eigenvalue weighted by Gasteiger charge is 2.19. The summed E-state index contributed by atoms with van der Waals surface area (Å²) in [7, 11) is 0. The fourth-order valence-corrected chi connectivity index (χ4v) is 7.91. The number of ether oxygens (including phenoxy) is 3. The van der Waals surface area contributed by atoms with Crippen LogP contribution in [0.15, 0.2) is 97.2 Å². The van der Waals surface area contributed by atoms with Crippen LogP contribution >= 0.6 is 0 Å². The van der Waals surface area contributed by atoms with Crippen molar-refractivity contribution >= 4 is 17.9 Å². The van der Waals surface area contributed by atoms with E-state index in [1.54, 1.807) is 0 Å². The molecule has 0 spiro atoms. The Hall–Kier alpha value is -3.67. The second kappa shape index (κ2) is 57.9. The lowest BCUT2D eigenvalue weighted by Crippen LogP contribution is -2.30. The van der Waals surface area contributed by atoms with Crippen molar-refractivity contribution < 1.29 is 28.6 Å². The summed E-state index contributed by atoms with van der Waals surface area (Å²) in [5.41, 5.74) is 0. The third kappa shape index (κ3) is 55.3. The third-order valence-electron chi connectivity index (χ3n) is 12.3. The van der Waals surface area contributed by atoms with Crippen molar-refractivity contribution in [1.82, 2.24) is 0 Å². The van der Waals surface area contributed by atoms with Gasteiger partial charge in [-0.1, -0.05) is 227 Å². The van der Waals surface area contributed by atoms with E-state index in [1.807, 2.05) is 0 Å². The molecule has 0 saturated heterocycles. The van der Waals surface area contributed by atoms with Crippen LogP contribution in [0.3, 0.4) is 0 Å². The highest BCUT2D eigenvalue weighted by atomic mass is 16.6. The molecule has 0 bridgehead atoms. The van der Waals surface area contributed by atoms with Gasteiger partial charge >= 0.3 is 17.9 Å². The molecule has 0 rings (SSSR count). The number of unbranched alkanes of at least 4 members (excludes halogenated alkanes) is 25. The summed E-state index contributed by atoms with van der Waals surface area (Å²) in [5.74, 6) is -0.919. The summed E-state index contributed by atoms with van der Waals surface area (Å²) >= 11 is 0. The fraction of sp³-hybridized carbons (Fsp3) is 0.703. The van der Waals surface area contributed by atoms with Crippen LogP contribution in [0, 0.1) is 0 Å². The van der Waals surface area contributed by atoms with Gasteiger partial charge in [0.15, 0.2) is 6.10 Å². The van der Waals surface area contributed by atoms with E-state index < -0.39 is 6.10 Å². The van der Waals surface area contributed by atoms with Gasteiger partial charge in [0.1, 0.15) is 13.2 Å². The molecule has 0 aliphatic carbocycles. The van der Waals surface area contributed by atoms with Crippen LogP contribution in [-0.2, 0) is 28.6 Å². The summed E-state index contributed by atoms with van der Waals surface area (Å²) < 4.78 is 16.8. The second-order valence-corrected chi connectivity index (χ2v) is 19.2. The normalized spacial score (nSPS) is 12.8. The van der Waals surface area contributed by atoms with E-state index in [4.69, 9.17) is 14.2 Å². The van der Waals surface area contributed by atoms with Crippen LogP contribution in [0.4, 0.5) is 0 Å². The van der Waals surface area contributed by atoms with E-state index in [0.29, 0.717) is 19.3 Å². The van der Waals surface area contributed by atoms with Gasteiger partial charge in [-0.3, -0.25) is 14.4 Å². The Labute approximate surface area is 432 Å². The van der Waals surface area contributed by atoms with Gasteiger partial charge in [-0.2, -0.15) is 0 Å². The van der Waals surface area contributed by atoms with Crippen molar-refractivity contribution in [1.29, 1.82) is 0 Å². The minimum absolute atomic E-state index is 0.0899. The van der Waals surface area contributed by atoms with Crippen LogP contribution in [0.25, 0.3) is 0 Å². The molecule has 400 valence electrons. The molecule has 0 aliphatic rings. The smallest absolute Gasteiger partial charge is 0.306 e. The first kappa shape index (κ1) is 66.3. The zero-order valence-corrected chi connectivity index (χ0v) is 45.8. The summed E-state index contributed by atoms with van der Waals surface area (Å²) in [6, 6.07) is 0. The lowest BCUT2D eigenvalue weighted by Gasteiger charge is -2.18. The van der Waals surface area contributed by atoms with Crippen molar-refractivity contribution in [3.8, 4) is 0 Å². The molecule has 0 aromatic carbocycles. The average molecular weight is 974 g/mol. The van der Waals surface area contributed by atoms with E-state index in [1.165, 1.54) is 103 Å². The number of allylic oxidation sites excluding steroid dienone is 16. The summed E-state index contributed by atoms with van der Waals surface area (Å²) in [6.07, 6.45) is 76.8. The number of hydrogen-bond acceptors (Lipinski definition) is 6. The SMILES string of the molecule is CC/C=C\C/C=C\C/C=C\C/C=C\C/C=C\C/C=C\CCCCCCCCC(=O)OCC(COC(=O)CCCCCCC/C=C\CCCCC)OC(=O)CCCCCCC/C=C\CCCCCCCC. The molecule has 6 nitrogen and oxygen atoms in total. The van der Waals surface area contributed by atoms with Crippen molar-refractivity contribution in [2.24, 2.45) is 0 Å². The zero-order chi connectivity index (χ0) is 50.7. The van der Waals surface area contributed by atoms with Crippen molar-refractivity contribution in [2.75, 3.05) is 13.2 Å². The molecule has 0 N–H and O–H groups in total. The Bertz CT molecular complexity index is 1400. The third-order valence-corrected chi connectivity index (χ3v) is 12.3. The van der Waals surface area contributed by atoms with Gasteiger partial charge in [0.05, 0.1) is 0 Å². The Morgan fingerprint density at radius 1 is 0.300 bits per heavy atom. The minimum Gasteiger partial charge on any atom is -0.462 e. The van der Waals surface area contributed by atoms with E-state index >= 15 is 0 Å². The molecular formula is C64H108O6. The molecule has 0 radical (unpaired) electrons. The highest BCUT2D eigenvalue weighted by molar-refractivity contribution is 5.71. The molecule has 0 heterocycles. The van der Waals surface area contributed by atoms with Crippen LogP contribution in [-0.4, -0.2) is 37.2 Å². The zero-order valence-electron chi connectivity index (χ0n) is 45.8. The van der Waals surface area contributed by atoms with E-state index in [0.717, 1.165) is 128 Å². The maximum absolute atomic E-state index is 12.8. The minimum atomic E-state index is -0.792. The first-order valence-corrected chi connectivity index (χ1v) is 29.2. The highest BCUT2D eigenvalue weighted by Crippen LogP contribution is 2.14. The Kier molecular flexibility index (Phi) is 54.9. The lowest BCUT2D eigenvalue weighted by atomic mass is 10.1. The fourth-order valence-electron chi connectivity index (χ4n) is 7.91. The standard InChI is InChI=1S/C64H108O6/c1-4-7-10-13-16-19-22-25-27-28-29-30-31-32-33-34-35-36-38-39-42-45-48-51-54-57-63(66)69-60-61(59-68-62(65)56-53-50-47-44-41-24-21-18-15-12-9-6-3)70-64(67)58-55-52-49-46-43-40-37-26-23-20-17-14-11-8-5-2/h7,10,16,18-19,21,25-27,29-30,32-33,35-37,61H,4-6,8-9,11-15,17,20,22-24,28,31,34,38-60H2,1-3H3/b10-7-,19-16-,21-18-,27-25-,30-29-,33-32-,36-35-,37-26-. The van der Waals surface area contributed by atoms with Gasteiger partial charge in [-0.25, -0.2) is 0 Å². The predicted octanol–water partition coefficient (Wildman–Crippen LogP) is 19.7. The van der Waals surface area contributed by atoms with E-state index in [9.17, 15) is 14.4 Å². The van der Waals surface area contributed by atoms with Gasteiger partial charge in [0.25, 0.3) is 0 Å². The molecule has 0 fully saturated rings. The molecule has 70 heavy (non-hydrogen) atoms. The number of carbonyl (C=O) groups excluding carboxylic acids is 3. The van der Waals surface area contributed by atoms with Crippen LogP contribution in [0.2, 0.25) is 0 Å². The van der Waals surface area contributed by atoms with E-state index in [2.05, 4.69) is 118 Å². The molecule has 6 heteroatoms. The summed E-state index contributed by atoms with van der Waals surface area (Å²) in [6.45, 7) is 6.47. The van der Waals surface area contributed by atoms with Crippen LogP contribution in [0.5, 0.6) is 0 Å². The van der Waals surface area contributed by atoms with Crippen molar-refractivity contribution in [2.45, 2.75) is 277 Å². The molecular weight excluding hydrogens is 865 g/mol. The molecule has 0 aromatic rings. The van der Waals surface area contributed by atoms with Crippen molar-refractivity contribution in [3.05, 3.63) is 97.2 Å². The monoisotopic (exact) mass is 973 g/mol. The first-order valence-electron chi connectivity index (χ1n) is 29.2. The molecule has 0 aliphatic heterocycles. The number of hydrogen-bond donors (Lipinski definition) is 0. The molecule has 0 aromatic heterocycles. The van der Waals surface area contributed by atoms with Gasteiger partial charge < -0.3 is 14.2 Å². The lowest BCUT2D eigenvalue weighted by molar-refractivity contribution is -0.167. The quantitative estimate of drug-likeness (QED) is 0.0262. The second-order valence-electron chi connectivity index (χ2n) is 19.2. The topological polar surface area (TPSA) is 78.9 Å². The molecule has 1 unspecified atom stereocenters. The van der Waals surface area contributed by atoms with Gasteiger partial charge in [0, 0.05) is 19.3 Å². The number of esters is 3. The van der Waals surface area contributed by atoms with Crippen LogP contribution in [0.1, 0.15) is 271 Å². The van der Waals surface area contributed by atoms with Gasteiger partial charge in [-0.15, -0.1) is 0 Å².